The van der Waals surface area contributed by atoms with Crippen molar-refractivity contribution in [2.45, 2.75) is 51.7 Å². The number of aliphatic hydroxyl groups is 1. The van der Waals surface area contributed by atoms with E-state index in [9.17, 15) is 5.11 Å². The SMILES string of the molecule is Cc1ccc(CNCC2(O)CCCC2)cc1C. The summed E-state index contributed by atoms with van der Waals surface area (Å²) in [6.07, 6.45) is 4.24. The molecule has 0 unspecified atom stereocenters. The van der Waals surface area contributed by atoms with Crippen molar-refractivity contribution in [2.24, 2.45) is 0 Å². The van der Waals surface area contributed by atoms with Crippen LogP contribution in [-0.4, -0.2) is 17.3 Å². The smallest absolute Gasteiger partial charge is 0.0771 e. The van der Waals surface area contributed by atoms with Crippen molar-refractivity contribution in [1.82, 2.24) is 5.32 Å². The highest BCUT2D eigenvalue weighted by Crippen LogP contribution is 2.28. The van der Waals surface area contributed by atoms with Crippen molar-refractivity contribution >= 4 is 0 Å². The standard InChI is InChI=1S/C15H23NO/c1-12-5-6-14(9-13(12)2)10-16-11-15(17)7-3-4-8-15/h5-6,9,16-17H,3-4,7-8,10-11H2,1-2H3. The molecule has 0 amide bonds. The molecule has 2 nitrogen and oxygen atoms in total. The molecule has 0 atom stereocenters. The summed E-state index contributed by atoms with van der Waals surface area (Å²) in [5.41, 5.74) is 3.53. The predicted molar refractivity (Wildman–Crippen MR) is 71.0 cm³/mol. The van der Waals surface area contributed by atoms with Crippen molar-refractivity contribution in [3.63, 3.8) is 0 Å². The summed E-state index contributed by atoms with van der Waals surface area (Å²) in [6, 6.07) is 6.55. The van der Waals surface area contributed by atoms with Crippen LogP contribution in [0.3, 0.4) is 0 Å². The molecular weight excluding hydrogens is 210 g/mol. The first-order valence-electron chi connectivity index (χ1n) is 6.58. The highest BCUT2D eigenvalue weighted by molar-refractivity contribution is 5.29. The largest absolute Gasteiger partial charge is 0.389 e. The molecule has 0 radical (unpaired) electrons. The third-order valence-corrected chi connectivity index (χ3v) is 3.89. The Kier molecular flexibility index (Phi) is 3.85. The van der Waals surface area contributed by atoms with Gasteiger partial charge in [-0.25, -0.2) is 0 Å². The lowest BCUT2D eigenvalue weighted by Gasteiger charge is -2.22. The van der Waals surface area contributed by atoms with Crippen molar-refractivity contribution < 1.29 is 5.11 Å². The molecule has 0 aromatic heterocycles. The lowest BCUT2D eigenvalue weighted by atomic mass is 10.0. The minimum atomic E-state index is -0.445. The molecule has 1 aliphatic rings. The molecule has 2 heteroatoms. The van der Waals surface area contributed by atoms with Gasteiger partial charge in [-0.2, -0.15) is 0 Å². The monoisotopic (exact) mass is 233 g/mol. The summed E-state index contributed by atoms with van der Waals surface area (Å²) < 4.78 is 0. The van der Waals surface area contributed by atoms with Gasteiger partial charge in [0.05, 0.1) is 5.60 Å². The third-order valence-electron chi connectivity index (χ3n) is 3.89. The van der Waals surface area contributed by atoms with Crippen LogP contribution in [0.4, 0.5) is 0 Å². The van der Waals surface area contributed by atoms with Gasteiger partial charge in [-0.1, -0.05) is 31.0 Å². The molecule has 1 aromatic rings. The van der Waals surface area contributed by atoms with Crippen molar-refractivity contribution in [2.75, 3.05) is 6.54 Å². The summed E-state index contributed by atoms with van der Waals surface area (Å²) in [4.78, 5) is 0. The van der Waals surface area contributed by atoms with E-state index in [2.05, 4.69) is 37.4 Å². The zero-order valence-electron chi connectivity index (χ0n) is 10.9. The van der Waals surface area contributed by atoms with Crippen LogP contribution in [0.15, 0.2) is 18.2 Å². The molecule has 2 rings (SSSR count). The molecular formula is C15H23NO. The van der Waals surface area contributed by atoms with Gasteiger partial charge in [-0.15, -0.1) is 0 Å². The molecule has 0 saturated heterocycles. The van der Waals surface area contributed by atoms with Crippen LogP contribution in [0.25, 0.3) is 0 Å². The van der Waals surface area contributed by atoms with Crippen LogP contribution in [0.5, 0.6) is 0 Å². The number of nitrogens with one attached hydrogen (secondary N) is 1. The van der Waals surface area contributed by atoms with E-state index in [0.717, 1.165) is 25.9 Å². The van der Waals surface area contributed by atoms with E-state index in [1.807, 2.05) is 0 Å². The quantitative estimate of drug-likeness (QED) is 0.838. The van der Waals surface area contributed by atoms with Gasteiger partial charge in [0.1, 0.15) is 0 Å². The van der Waals surface area contributed by atoms with Gasteiger partial charge >= 0.3 is 0 Å². The van der Waals surface area contributed by atoms with E-state index in [1.165, 1.54) is 29.5 Å². The van der Waals surface area contributed by atoms with Gasteiger partial charge in [0, 0.05) is 13.1 Å². The lowest BCUT2D eigenvalue weighted by Crippen LogP contribution is -2.37. The summed E-state index contributed by atoms with van der Waals surface area (Å²) in [6.45, 7) is 5.85. The molecule has 0 aliphatic heterocycles. The van der Waals surface area contributed by atoms with Crippen LogP contribution in [0, 0.1) is 13.8 Å². The van der Waals surface area contributed by atoms with Gasteiger partial charge in [-0.05, 0) is 43.4 Å². The maximum absolute atomic E-state index is 10.2. The fraction of sp³-hybridized carbons (Fsp3) is 0.600. The Morgan fingerprint density at radius 3 is 2.53 bits per heavy atom. The van der Waals surface area contributed by atoms with Crippen LogP contribution >= 0.6 is 0 Å². The second-order valence-corrected chi connectivity index (χ2v) is 5.45. The van der Waals surface area contributed by atoms with Gasteiger partial charge < -0.3 is 10.4 Å². The highest BCUT2D eigenvalue weighted by Gasteiger charge is 2.30. The number of rotatable bonds is 4. The average Bonchev–Trinajstić information content (AvgIpc) is 2.71. The second kappa shape index (κ2) is 5.19. The molecule has 1 aromatic carbocycles. The molecule has 1 saturated carbocycles. The Hall–Kier alpha value is -0.860. The van der Waals surface area contributed by atoms with E-state index in [-0.39, 0.29) is 0 Å². The Morgan fingerprint density at radius 1 is 1.18 bits per heavy atom. The number of hydrogen-bond acceptors (Lipinski definition) is 2. The first-order valence-corrected chi connectivity index (χ1v) is 6.58. The van der Waals surface area contributed by atoms with Crippen LogP contribution < -0.4 is 5.32 Å². The molecule has 1 fully saturated rings. The van der Waals surface area contributed by atoms with Crippen LogP contribution in [0.1, 0.15) is 42.4 Å². The topological polar surface area (TPSA) is 32.3 Å². The Morgan fingerprint density at radius 2 is 1.88 bits per heavy atom. The minimum absolute atomic E-state index is 0.445. The Balaban J connectivity index is 1.83. The third kappa shape index (κ3) is 3.30. The maximum Gasteiger partial charge on any atom is 0.0771 e. The van der Waals surface area contributed by atoms with Crippen molar-refractivity contribution in [3.8, 4) is 0 Å². The van der Waals surface area contributed by atoms with Gasteiger partial charge in [0.15, 0.2) is 0 Å². The van der Waals surface area contributed by atoms with Crippen LogP contribution in [0.2, 0.25) is 0 Å². The number of benzene rings is 1. The van der Waals surface area contributed by atoms with E-state index in [1.54, 1.807) is 0 Å². The number of aryl methyl sites for hydroxylation is 2. The molecule has 2 N–H and O–H groups in total. The zero-order valence-corrected chi connectivity index (χ0v) is 10.9. The molecule has 17 heavy (non-hydrogen) atoms. The summed E-state index contributed by atoms with van der Waals surface area (Å²) in [5.74, 6) is 0. The average molecular weight is 233 g/mol. The first kappa shape index (κ1) is 12.6. The van der Waals surface area contributed by atoms with Gasteiger partial charge in [0.25, 0.3) is 0 Å². The van der Waals surface area contributed by atoms with E-state index in [0.29, 0.717) is 0 Å². The van der Waals surface area contributed by atoms with E-state index < -0.39 is 5.60 Å². The predicted octanol–water partition coefficient (Wildman–Crippen LogP) is 2.70. The van der Waals surface area contributed by atoms with E-state index in [4.69, 9.17) is 0 Å². The molecule has 0 heterocycles. The fourth-order valence-corrected chi connectivity index (χ4v) is 2.56. The molecule has 94 valence electrons. The van der Waals surface area contributed by atoms with Crippen LogP contribution in [-0.2, 0) is 6.54 Å². The minimum Gasteiger partial charge on any atom is -0.389 e. The summed E-state index contributed by atoms with van der Waals surface area (Å²) in [5, 5.41) is 13.6. The van der Waals surface area contributed by atoms with Gasteiger partial charge in [0.2, 0.25) is 0 Å². The first-order chi connectivity index (χ1) is 8.09. The maximum atomic E-state index is 10.2. The molecule has 1 aliphatic carbocycles. The molecule has 0 bridgehead atoms. The summed E-state index contributed by atoms with van der Waals surface area (Å²) in [7, 11) is 0. The Labute approximate surface area is 104 Å². The van der Waals surface area contributed by atoms with Crippen molar-refractivity contribution in [1.29, 1.82) is 0 Å². The lowest BCUT2D eigenvalue weighted by molar-refractivity contribution is 0.0475. The Bertz CT molecular complexity index is 381. The number of hydrogen-bond donors (Lipinski definition) is 2. The second-order valence-electron chi connectivity index (χ2n) is 5.45. The van der Waals surface area contributed by atoms with Gasteiger partial charge in [-0.3, -0.25) is 0 Å². The normalized spacial score (nSPS) is 18.5. The summed E-state index contributed by atoms with van der Waals surface area (Å²) >= 11 is 0. The zero-order chi connectivity index (χ0) is 12.3. The van der Waals surface area contributed by atoms with E-state index >= 15 is 0 Å². The molecule has 0 spiro atoms. The van der Waals surface area contributed by atoms with Crippen molar-refractivity contribution in [3.05, 3.63) is 34.9 Å². The fourth-order valence-electron chi connectivity index (χ4n) is 2.56. The highest BCUT2D eigenvalue weighted by atomic mass is 16.3.